The van der Waals surface area contributed by atoms with Gasteiger partial charge in [0.05, 0.1) is 11.0 Å². The molecule has 29 heavy (non-hydrogen) atoms. The molecule has 0 amide bonds. The summed E-state index contributed by atoms with van der Waals surface area (Å²) in [6.45, 7) is 0. The van der Waals surface area contributed by atoms with Gasteiger partial charge in [-0.25, -0.2) is 4.79 Å². The van der Waals surface area contributed by atoms with Crippen molar-refractivity contribution in [3.63, 3.8) is 0 Å². The Balaban J connectivity index is 1.43. The van der Waals surface area contributed by atoms with E-state index in [1.54, 1.807) is 12.1 Å². The minimum absolute atomic E-state index is 0.398. The average Bonchev–Trinajstić information content (AvgIpc) is 3.19. The first-order valence-electron chi connectivity index (χ1n) is 11.6. The van der Waals surface area contributed by atoms with E-state index >= 15 is 0 Å². The molecule has 1 aromatic carbocycles. The third kappa shape index (κ3) is 7.83. The van der Waals surface area contributed by atoms with Crippen LogP contribution in [0.3, 0.4) is 0 Å². The minimum atomic E-state index is -0.832. The quantitative estimate of drug-likeness (QED) is 0.314. The van der Waals surface area contributed by atoms with Crippen LogP contribution in [0.2, 0.25) is 0 Å². The highest BCUT2D eigenvalue weighted by Gasteiger charge is 2.40. The van der Waals surface area contributed by atoms with E-state index in [4.69, 9.17) is 0 Å². The van der Waals surface area contributed by atoms with Crippen molar-refractivity contribution in [3.8, 4) is 0 Å². The highest BCUT2D eigenvalue weighted by molar-refractivity contribution is 5.89. The average molecular weight is 403 g/mol. The SMILES string of the molecule is O=C(O)c1ccccc1CCCCCCCCCCCCC1(C(=O)O)CCCC1. The van der Waals surface area contributed by atoms with Gasteiger partial charge in [-0.1, -0.05) is 88.8 Å². The molecule has 4 heteroatoms. The standard InChI is InChI=1S/C25H38O4/c26-23(27)22-17-11-10-16-21(22)15-9-7-5-3-1-2-4-6-8-12-18-25(24(28)29)19-13-14-20-25/h10-11,16-17H,1-9,12-15,18-20H2,(H,26,27)(H,28,29). The second-order valence-corrected chi connectivity index (χ2v) is 8.79. The molecule has 1 aliphatic carbocycles. The van der Waals surface area contributed by atoms with E-state index in [9.17, 15) is 19.8 Å². The number of carboxylic acids is 2. The highest BCUT2D eigenvalue weighted by atomic mass is 16.4. The molecule has 0 spiro atoms. The Kier molecular flexibility index (Phi) is 10.2. The Labute approximate surface area is 175 Å². The third-order valence-corrected chi connectivity index (χ3v) is 6.61. The topological polar surface area (TPSA) is 74.6 Å². The van der Waals surface area contributed by atoms with Gasteiger partial charge in [0, 0.05) is 0 Å². The molecule has 1 aromatic rings. The fourth-order valence-electron chi connectivity index (χ4n) is 4.76. The first kappa shape index (κ1) is 23.4. The highest BCUT2D eigenvalue weighted by Crippen LogP contribution is 2.42. The molecule has 2 rings (SSSR count). The molecule has 0 heterocycles. The number of benzene rings is 1. The van der Waals surface area contributed by atoms with E-state index in [2.05, 4.69) is 0 Å². The lowest BCUT2D eigenvalue weighted by molar-refractivity contribution is -0.149. The third-order valence-electron chi connectivity index (χ3n) is 6.61. The Morgan fingerprint density at radius 3 is 1.83 bits per heavy atom. The van der Waals surface area contributed by atoms with Crippen molar-refractivity contribution in [2.75, 3.05) is 0 Å². The van der Waals surface area contributed by atoms with Crippen molar-refractivity contribution < 1.29 is 19.8 Å². The van der Waals surface area contributed by atoms with E-state index in [1.807, 2.05) is 12.1 Å². The zero-order chi connectivity index (χ0) is 21.0. The fourth-order valence-corrected chi connectivity index (χ4v) is 4.76. The molecule has 0 aliphatic heterocycles. The van der Waals surface area contributed by atoms with Gasteiger partial charge >= 0.3 is 11.9 Å². The predicted molar refractivity (Wildman–Crippen MR) is 116 cm³/mol. The lowest BCUT2D eigenvalue weighted by Gasteiger charge is -2.23. The molecule has 0 unspecified atom stereocenters. The Hall–Kier alpha value is -1.84. The molecular weight excluding hydrogens is 364 g/mol. The summed E-state index contributed by atoms with van der Waals surface area (Å²) < 4.78 is 0. The number of carboxylic acid groups (broad SMARTS) is 2. The maximum atomic E-state index is 11.5. The second-order valence-electron chi connectivity index (χ2n) is 8.79. The summed E-state index contributed by atoms with van der Waals surface area (Å²) in [5, 5.41) is 18.7. The van der Waals surface area contributed by atoms with Gasteiger partial charge < -0.3 is 10.2 Å². The van der Waals surface area contributed by atoms with Crippen LogP contribution in [0, 0.1) is 5.41 Å². The smallest absolute Gasteiger partial charge is 0.335 e. The van der Waals surface area contributed by atoms with Crippen LogP contribution in [0.1, 0.15) is 112 Å². The number of aryl methyl sites for hydroxylation is 1. The van der Waals surface area contributed by atoms with Crippen LogP contribution >= 0.6 is 0 Å². The van der Waals surface area contributed by atoms with Gasteiger partial charge in [-0.15, -0.1) is 0 Å². The first-order chi connectivity index (χ1) is 14.1. The largest absolute Gasteiger partial charge is 0.481 e. The lowest BCUT2D eigenvalue weighted by atomic mass is 9.81. The summed E-state index contributed by atoms with van der Waals surface area (Å²) in [5.74, 6) is -1.40. The van der Waals surface area contributed by atoms with Gasteiger partial charge in [0.1, 0.15) is 0 Å². The van der Waals surface area contributed by atoms with Crippen molar-refractivity contribution in [1.82, 2.24) is 0 Å². The Morgan fingerprint density at radius 1 is 0.759 bits per heavy atom. The molecule has 1 fully saturated rings. The van der Waals surface area contributed by atoms with Crippen molar-refractivity contribution >= 4 is 11.9 Å². The summed E-state index contributed by atoms with van der Waals surface area (Å²) in [5.41, 5.74) is 0.988. The lowest BCUT2D eigenvalue weighted by Crippen LogP contribution is -2.27. The summed E-state index contributed by atoms with van der Waals surface area (Å²) in [6, 6.07) is 7.31. The second kappa shape index (κ2) is 12.7. The van der Waals surface area contributed by atoms with Gasteiger partial charge in [-0.2, -0.15) is 0 Å². The van der Waals surface area contributed by atoms with Gasteiger partial charge in [-0.05, 0) is 43.7 Å². The van der Waals surface area contributed by atoms with E-state index in [0.717, 1.165) is 69.8 Å². The molecule has 0 atom stereocenters. The Morgan fingerprint density at radius 2 is 1.28 bits per heavy atom. The Bertz CT molecular complexity index is 631. The van der Waals surface area contributed by atoms with Crippen molar-refractivity contribution in [2.45, 2.75) is 103 Å². The normalized spacial score (nSPS) is 15.4. The maximum Gasteiger partial charge on any atom is 0.335 e. The molecule has 1 saturated carbocycles. The van der Waals surface area contributed by atoms with E-state index < -0.39 is 17.4 Å². The van der Waals surface area contributed by atoms with Crippen LogP contribution in [-0.4, -0.2) is 22.2 Å². The minimum Gasteiger partial charge on any atom is -0.481 e. The maximum absolute atomic E-state index is 11.5. The molecule has 2 N–H and O–H groups in total. The van der Waals surface area contributed by atoms with Crippen LogP contribution in [0.25, 0.3) is 0 Å². The molecule has 0 saturated heterocycles. The number of unbranched alkanes of at least 4 members (excludes halogenated alkanes) is 9. The van der Waals surface area contributed by atoms with Crippen molar-refractivity contribution in [2.24, 2.45) is 5.41 Å². The number of hydrogen-bond donors (Lipinski definition) is 2. The zero-order valence-electron chi connectivity index (χ0n) is 17.8. The van der Waals surface area contributed by atoms with Crippen LogP contribution in [0.4, 0.5) is 0 Å². The van der Waals surface area contributed by atoms with Crippen LogP contribution in [0.15, 0.2) is 24.3 Å². The van der Waals surface area contributed by atoms with Gasteiger partial charge in [0.2, 0.25) is 0 Å². The number of carbonyl (C=O) groups is 2. The monoisotopic (exact) mass is 402 g/mol. The van der Waals surface area contributed by atoms with Crippen LogP contribution in [0.5, 0.6) is 0 Å². The fraction of sp³-hybridized carbons (Fsp3) is 0.680. The van der Waals surface area contributed by atoms with E-state index in [1.165, 1.54) is 38.5 Å². The molecule has 0 aromatic heterocycles. The van der Waals surface area contributed by atoms with Crippen LogP contribution in [-0.2, 0) is 11.2 Å². The molecule has 0 bridgehead atoms. The van der Waals surface area contributed by atoms with E-state index in [-0.39, 0.29) is 0 Å². The molecule has 1 aliphatic rings. The van der Waals surface area contributed by atoms with Gasteiger partial charge in [0.15, 0.2) is 0 Å². The van der Waals surface area contributed by atoms with Crippen molar-refractivity contribution in [1.29, 1.82) is 0 Å². The molecule has 162 valence electrons. The molecular formula is C25H38O4. The van der Waals surface area contributed by atoms with E-state index in [0.29, 0.717) is 5.56 Å². The van der Waals surface area contributed by atoms with Crippen LogP contribution < -0.4 is 0 Å². The number of hydrogen-bond acceptors (Lipinski definition) is 2. The zero-order valence-corrected chi connectivity index (χ0v) is 17.8. The molecule has 0 radical (unpaired) electrons. The summed E-state index contributed by atoms with van der Waals surface area (Å²) in [4.78, 5) is 22.7. The number of aromatic carboxylic acids is 1. The summed E-state index contributed by atoms with van der Waals surface area (Å²) in [6.07, 6.45) is 17.6. The first-order valence-corrected chi connectivity index (χ1v) is 11.6. The summed E-state index contributed by atoms with van der Waals surface area (Å²) in [7, 11) is 0. The number of aliphatic carboxylic acids is 1. The van der Waals surface area contributed by atoms with Gasteiger partial charge in [-0.3, -0.25) is 4.79 Å². The van der Waals surface area contributed by atoms with Crippen molar-refractivity contribution in [3.05, 3.63) is 35.4 Å². The number of rotatable bonds is 15. The van der Waals surface area contributed by atoms with Gasteiger partial charge in [0.25, 0.3) is 0 Å². The predicted octanol–water partition coefficient (Wildman–Crippen LogP) is 6.86. The summed E-state index contributed by atoms with van der Waals surface area (Å²) >= 11 is 0. The molecule has 4 nitrogen and oxygen atoms in total.